The maximum atomic E-state index is 13.4. The van der Waals surface area contributed by atoms with E-state index in [1.807, 2.05) is 6.92 Å². The standard InChI is InChI=1S/C26H29FN2O5S/c1-18-5-12-23(13-6-18)35(31,32)29(16-20-7-10-22(27)11-8-20)17-26(30)28-19(2)21-9-14-24(33-3)25(15-21)34-4/h5-15,19H,16-17H2,1-4H3,(H,28,30)/t19-/m1/s1. The van der Waals surface area contributed by atoms with Gasteiger partial charge in [-0.2, -0.15) is 4.31 Å². The van der Waals surface area contributed by atoms with Crippen molar-refractivity contribution in [3.05, 3.63) is 89.2 Å². The third kappa shape index (κ3) is 6.58. The first-order valence-electron chi connectivity index (χ1n) is 11.0. The number of aryl methyl sites for hydroxylation is 1. The SMILES string of the molecule is COc1ccc([C@@H](C)NC(=O)CN(Cc2ccc(F)cc2)S(=O)(=O)c2ccc(C)cc2)cc1OC. The summed E-state index contributed by atoms with van der Waals surface area (Å²) in [5.41, 5.74) is 2.24. The van der Waals surface area contributed by atoms with E-state index < -0.39 is 34.3 Å². The molecule has 0 radical (unpaired) electrons. The summed E-state index contributed by atoms with van der Waals surface area (Å²) >= 11 is 0. The Bertz CT molecular complexity index is 1260. The molecule has 0 spiro atoms. The van der Waals surface area contributed by atoms with Gasteiger partial charge in [0, 0.05) is 6.54 Å². The van der Waals surface area contributed by atoms with Crippen LogP contribution in [0.2, 0.25) is 0 Å². The van der Waals surface area contributed by atoms with E-state index in [-0.39, 0.29) is 11.4 Å². The van der Waals surface area contributed by atoms with Crippen LogP contribution in [0.1, 0.15) is 29.7 Å². The first-order valence-corrected chi connectivity index (χ1v) is 12.4. The number of rotatable bonds is 10. The fraction of sp³-hybridized carbons (Fsp3) is 0.269. The first kappa shape index (κ1) is 26.2. The van der Waals surface area contributed by atoms with Gasteiger partial charge in [0.2, 0.25) is 15.9 Å². The van der Waals surface area contributed by atoms with Gasteiger partial charge in [-0.25, -0.2) is 12.8 Å². The summed E-state index contributed by atoms with van der Waals surface area (Å²) in [7, 11) is -0.942. The molecule has 1 amide bonds. The molecule has 0 bridgehead atoms. The van der Waals surface area contributed by atoms with Crippen molar-refractivity contribution in [3.8, 4) is 11.5 Å². The summed E-state index contributed by atoms with van der Waals surface area (Å²) < 4.78 is 51.8. The zero-order chi connectivity index (χ0) is 25.6. The van der Waals surface area contributed by atoms with Crippen LogP contribution in [0.3, 0.4) is 0 Å². The van der Waals surface area contributed by atoms with Crippen LogP contribution in [-0.2, 0) is 21.4 Å². The van der Waals surface area contributed by atoms with Crippen LogP contribution in [-0.4, -0.2) is 39.4 Å². The van der Waals surface area contributed by atoms with Gasteiger partial charge in [-0.15, -0.1) is 0 Å². The summed E-state index contributed by atoms with van der Waals surface area (Å²) in [4.78, 5) is 13.0. The van der Waals surface area contributed by atoms with E-state index in [0.717, 1.165) is 15.4 Å². The predicted molar refractivity (Wildman–Crippen MR) is 131 cm³/mol. The van der Waals surface area contributed by atoms with Gasteiger partial charge in [0.25, 0.3) is 0 Å². The molecule has 0 saturated carbocycles. The normalized spacial score (nSPS) is 12.3. The van der Waals surface area contributed by atoms with Crippen LogP contribution >= 0.6 is 0 Å². The molecule has 0 unspecified atom stereocenters. The molecule has 0 heterocycles. The number of amides is 1. The molecule has 9 heteroatoms. The number of benzene rings is 3. The summed E-state index contributed by atoms with van der Waals surface area (Å²) in [6.45, 7) is 3.15. The minimum atomic E-state index is -4.00. The van der Waals surface area contributed by atoms with Gasteiger partial charge >= 0.3 is 0 Å². The maximum Gasteiger partial charge on any atom is 0.243 e. The summed E-state index contributed by atoms with van der Waals surface area (Å²) in [6, 6.07) is 16.8. The van der Waals surface area contributed by atoms with Crippen molar-refractivity contribution in [1.82, 2.24) is 9.62 Å². The second-order valence-corrected chi connectivity index (χ2v) is 10.1. The third-order valence-electron chi connectivity index (χ3n) is 5.54. The Morgan fingerprint density at radius 1 is 0.971 bits per heavy atom. The van der Waals surface area contributed by atoms with E-state index >= 15 is 0 Å². The van der Waals surface area contributed by atoms with Gasteiger partial charge in [0.05, 0.1) is 31.7 Å². The van der Waals surface area contributed by atoms with Gasteiger partial charge in [-0.3, -0.25) is 4.79 Å². The topological polar surface area (TPSA) is 84.9 Å². The molecular weight excluding hydrogens is 471 g/mol. The fourth-order valence-corrected chi connectivity index (χ4v) is 4.92. The van der Waals surface area contributed by atoms with Crippen molar-refractivity contribution < 1.29 is 27.1 Å². The van der Waals surface area contributed by atoms with Gasteiger partial charge in [-0.05, 0) is 61.4 Å². The Hall–Kier alpha value is -3.43. The molecule has 186 valence electrons. The molecule has 3 rings (SSSR count). The maximum absolute atomic E-state index is 13.4. The molecule has 0 aliphatic rings. The van der Waals surface area contributed by atoms with Crippen molar-refractivity contribution in [2.45, 2.75) is 31.3 Å². The number of hydrogen-bond acceptors (Lipinski definition) is 5. The average Bonchev–Trinajstić information content (AvgIpc) is 2.84. The zero-order valence-corrected chi connectivity index (χ0v) is 20.9. The van der Waals surface area contributed by atoms with E-state index in [9.17, 15) is 17.6 Å². The fourth-order valence-electron chi connectivity index (χ4n) is 3.53. The minimum absolute atomic E-state index is 0.0750. The second kappa shape index (κ2) is 11.3. The van der Waals surface area contributed by atoms with Crippen LogP contribution in [0.4, 0.5) is 4.39 Å². The largest absolute Gasteiger partial charge is 0.493 e. The number of nitrogens with zero attached hydrogens (tertiary/aromatic N) is 1. The minimum Gasteiger partial charge on any atom is -0.493 e. The Morgan fingerprint density at radius 2 is 1.60 bits per heavy atom. The van der Waals surface area contributed by atoms with E-state index in [1.54, 1.807) is 37.3 Å². The van der Waals surface area contributed by atoms with Gasteiger partial charge in [0.1, 0.15) is 5.82 Å². The first-order chi connectivity index (χ1) is 16.6. The van der Waals surface area contributed by atoms with E-state index in [1.165, 1.54) is 50.6 Å². The molecular formula is C26H29FN2O5S. The number of methoxy groups -OCH3 is 2. The van der Waals surface area contributed by atoms with Crippen LogP contribution < -0.4 is 14.8 Å². The number of halogens is 1. The molecule has 0 aliphatic heterocycles. The van der Waals surface area contributed by atoms with Crippen LogP contribution in [0, 0.1) is 12.7 Å². The molecule has 0 aromatic heterocycles. The van der Waals surface area contributed by atoms with Crippen molar-refractivity contribution in [2.75, 3.05) is 20.8 Å². The molecule has 3 aromatic rings. The molecule has 0 fully saturated rings. The molecule has 1 N–H and O–H groups in total. The van der Waals surface area contributed by atoms with E-state index in [2.05, 4.69) is 5.32 Å². The van der Waals surface area contributed by atoms with Gasteiger partial charge in [-0.1, -0.05) is 35.9 Å². The Kier molecular flexibility index (Phi) is 8.48. The average molecular weight is 501 g/mol. The monoisotopic (exact) mass is 500 g/mol. The van der Waals surface area contributed by atoms with Crippen LogP contribution in [0.5, 0.6) is 11.5 Å². The summed E-state index contributed by atoms with van der Waals surface area (Å²) in [5.74, 6) is 0.170. The Labute approximate surface area is 205 Å². The lowest BCUT2D eigenvalue weighted by atomic mass is 10.1. The molecule has 1 atom stereocenters. The highest BCUT2D eigenvalue weighted by Gasteiger charge is 2.27. The number of hydrogen-bond donors (Lipinski definition) is 1. The Balaban J connectivity index is 1.83. The van der Waals surface area contributed by atoms with Crippen molar-refractivity contribution in [2.24, 2.45) is 0 Å². The predicted octanol–water partition coefficient (Wildman–Crippen LogP) is 4.22. The lowest BCUT2D eigenvalue weighted by molar-refractivity contribution is -0.122. The number of carbonyl (C=O) groups is 1. The highest BCUT2D eigenvalue weighted by molar-refractivity contribution is 7.89. The molecule has 0 aliphatic carbocycles. The number of ether oxygens (including phenoxy) is 2. The molecule has 35 heavy (non-hydrogen) atoms. The lowest BCUT2D eigenvalue weighted by Crippen LogP contribution is -2.41. The lowest BCUT2D eigenvalue weighted by Gasteiger charge is -2.23. The number of carbonyl (C=O) groups excluding carboxylic acids is 1. The zero-order valence-electron chi connectivity index (χ0n) is 20.1. The second-order valence-electron chi connectivity index (χ2n) is 8.12. The van der Waals surface area contributed by atoms with Crippen molar-refractivity contribution in [1.29, 1.82) is 0 Å². The van der Waals surface area contributed by atoms with Crippen molar-refractivity contribution >= 4 is 15.9 Å². The Morgan fingerprint density at radius 3 is 2.20 bits per heavy atom. The summed E-state index contributed by atoms with van der Waals surface area (Å²) in [5, 5.41) is 2.84. The molecule has 3 aromatic carbocycles. The van der Waals surface area contributed by atoms with Gasteiger partial charge in [0.15, 0.2) is 11.5 Å². The van der Waals surface area contributed by atoms with Gasteiger partial charge < -0.3 is 14.8 Å². The van der Waals surface area contributed by atoms with Crippen LogP contribution in [0.15, 0.2) is 71.6 Å². The molecule has 7 nitrogen and oxygen atoms in total. The number of sulfonamides is 1. The quantitative estimate of drug-likeness (QED) is 0.451. The third-order valence-corrected chi connectivity index (χ3v) is 7.34. The van der Waals surface area contributed by atoms with E-state index in [4.69, 9.17) is 9.47 Å². The molecule has 0 saturated heterocycles. The highest BCUT2D eigenvalue weighted by atomic mass is 32.2. The summed E-state index contributed by atoms with van der Waals surface area (Å²) in [6.07, 6.45) is 0. The number of nitrogens with one attached hydrogen (secondary N) is 1. The van der Waals surface area contributed by atoms with E-state index in [0.29, 0.717) is 17.1 Å². The highest BCUT2D eigenvalue weighted by Crippen LogP contribution is 2.30. The smallest absolute Gasteiger partial charge is 0.243 e. The van der Waals surface area contributed by atoms with Crippen LogP contribution in [0.25, 0.3) is 0 Å². The van der Waals surface area contributed by atoms with Crippen molar-refractivity contribution in [3.63, 3.8) is 0 Å².